The molecule has 0 saturated carbocycles. The monoisotopic (exact) mass is 665 g/mol. The molecule has 1 aliphatic rings. The molecule has 4 heterocycles. The fraction of sp³-hybridized carbons (Fsp3) is 0.250. The largest absolute Gasteiger partial charge is 0.493 e. The molecule has 12 heteroatoms. The van der Waals surface area contributed by atoms with Gasteiger partial charge in [-0.15, -0.1) is 11.3 Å². The molecule has 1 atom stereocenters. The van der Waals surface area contributed by atoms with Crippen LogP contribution in [0.15, 0.2) is 83.3 Å². The number of hydrogen-bond acceptors (Lipinski definition) is 9. The van der Waals surface area contributed by atoms with Crippen LogP contribution in [0, 0.1) is 19.8 Å². The van der Waals surface area contributed by atoms with Gasteiger partial charge in [0.2, 0.25) is 0 Å². The number of pyridine rings is 1. The van der Waals surface area contributed by atoms with Crippen molar-refractivity contribution in [1.29, 1.82) is 0 Å². The number of nitrogens with one attached hydrogen (secondary N) is 1. The number of carboxylic acid groups (broad SMARTS) is 2. The lowest BCUT2D eigenvalue weighted by Gasteiger charge is -2.30. The molecule has 6 rings (SSSR count). The number of fused-ring (bicyclic) bond motifs is 1. The maximum atomic E-state index is 12.9. The lowest BCUT2D eigenvalue weighted by molar-refractivity contribution is -0.134. The topological polar surface area (TPSA) is 149 Å². The summed E-state index contributed by atoms with van der Waals surface area (Å²) >= 11 is 1.59. The van der Waals surface area contributed by atoms with E-state index in [-0.39, 0.29) is 17.6 Å². The summed E-state index contributed by atoms with van der Waals surface area (Å²) in [5.74, 6) is -1.27. The van der Waals surface area contributed by atoms with E-state index in [1.165, 1.54) is 0 Å². The van der Waals surface area contributed by atoms with E-state index in [9.17, 15) is 19.8 Å². The maximum absolute atomic E-state index is 12.9. The molecule has 0 bridgehead atoms. The van der Waals surface area contributed by atoms with Crippen LogP contribution in [0.25, 0.3) is 22.4 Å². The van der Waals surface area contributed by atoms with E-state index in [0.29, 0.717) is 47.9 Å². The van der Waals surface area contributed by atoms with Crippen molar-refractivity contribution in [2.75, 3.05) is 13.7 Å². The number of nitrogens with zero attached hydrogens (tertiary/aromatic N) is 4. The van der Waals surface area contributed by atoms with Gasteiger partial charge >= 0.3 is 11.9 Å². The minimum absolute atomic E-state index is 0.00555. The first-order valence-corrected chi connectivity index (χ1v) is 16.3. The summed E-state index contributed by atoms with van der Waals surface area (Å²) in [4.78, 5) is 39.6. The first-order valence-electron chi connectivity index (χ1n) is 15.4. The first kappa shape index (κ1) is 32.5. The highest BCUT2D eigenvalue weighted by molar-refractivity contribution is 7.09. The molecule has 2 aromatic carbocycles. The second-order valence-corrected chi connectivity index (χ2v) is 12.4. The number of ether oxygens (including phenoxy) is 2. The van der Waals surface area contributed by atoms with Crippen molar-refractivity contribution in [1.82, 2.24) is 24.8 Å². The van der Waals surface area contributed by atoms with Crippen LogP contribution in [-0.4, -0.2) is 55.4 Å². The van der Waals surface area contributed by atoms with Gasteiger partial charge in [-0.1, -0.05) is 18.2 Å². The van der Waals surface area contributed by atoms with Gasteiger partial charge in [-0.2, -0.15) is 0 Å². The second-order valence-electron chi connectivity index (χ2n) is 11.5. The van der Waals surface area contributed by atoms with E-state index in [0.717, 1.165) is 38.7 Å². The van der Waals surface area contributed by atoms with Crippen molar-refractivity contribution < 1.29 is 29.3 Å². The summed E-state index contributed by atoms with van der Waals surface area (Å²) in [6, 6.07) is 14.9. The summed E-state index contributed by atoms with van der Waals surface area (Å²) in [6.07, 6.45) is 4.79. The Balaban J connectivity index is 1.28. The van der Waals surface area contributed by atoms with Gasteiger partial charge in [0.05, 0.1) is 53.5 Å². The number of dihydropyridines is 1. The summed E-state index contributed by atoms with van der Waals surface area (Å²) in [5.41, 5.74) is 7.65. The molecule has 1 aliphatic heterocycles. The number of rotatable bonds is 12. The van der Waals surface area contributed by atoms with Crippen LogP contribution >= 0.6 is 11.3 Å². The van der Waals surface area contributed by atoms with E-state index in [1.807, 2.05) is 72.5 Å². The van der Waals surface area contributed by atoms with Gasteiger partial charge in [-0.05, 0) is 75.1 Å². The smallest absolute Gasteiger partial charge is 0.334 e. The lowest BCUT2D eigenvalue weighted by Crippen LogP contribution is -2.32. The van der Waals surface area contributed by atoms with Gasteiger partial charge in [-0.3, -0.25) is 9.55 Å². The number of hydrogen-bond donors (Lipinski definition) is 3. The van der Waals surface area contributed by atoms with Crippen LogP contribution in [0.1, 0.15) is 40.9 Å². The van der Waals surface area contributed by atoms with Crippen molar-refractivity contribution >= 4 is 40.0 Å². The lowest BCUT2D eigenvalue weighted by atomic mass is 9.80. The number of carboxylic acids is 2. The Morgan fingerprint density at radius 2 is 1.75 bits per heavy atom. The number of methoxy groups -OCH3 is 1. The average Bonchev–Trinajstić information content (AvgIpc) is 3.64. The highest BCUT2D eigenvalue weighted by atomic mass is 32.1. The number of carbonyl (C=O) groups is 2. The van der Waals surface area contributed by atoms with Crippen LogP contribution in [0.3, 0.4) is 0 Å². The van der Waals surface area contributed by atoms with Crippen molar-refractivity contribution in [2.24, 2.45) is 5.92 Å². The molecular formula is C36H35N5O6S. The van der Waals surface area contributed by atoms with Crippen LogP contribution in [0.2, 0.25) is 0 Å². The Bertz CT molecular complexity index is 2080. The molecule has 5 aromatic rings. The van der Waals surface area contributed by atoms with Gasteiger partial charge in [0.1, 0.15) is 11.3 Å². The molecule has 0 spiro atoms. The molecule has 3 N–H and O–H groups in total. The summed E-state index contributed by atoms with van der Waals surface area (Å²) < 4.78 is 13.6. The molecular weight excluding hydrogens is 630 g/mol. The Hall–Kier alpha value is -5.49. The zero-order valence-corrected chi connectivity index (χ0v) is 27.8. The Kier molecular flexibility index (Phi) is 9.26. The maximum Gasteiger partial charge on any atom is 0.334 e. The zero-order valence-electron chi connectivity index (χ0n) is 27.0. The van der Waals surface area contributed by atoms with Gasteiger partial charge in [-0.25, -0.2) is 19.6 Å². The Morgan fingerprint density at radius 1 is 0.979 bits per heavy atom. The number of benzene rings is 2. The molecule has 0 fully saturated rings. The van der Waals surface area contributed by atoms with Gasteiger partial charge in [0.25, 0.3) is 0 Å². The number of thiazole rings is 1. The number of aromatic nitrogens is 4. The van der Waals surface area contributed by atoms with E-state index >= 15 is 0 Å². The van der Waals surface area contributed by atoms with Gasteiger partial charge in [0.15, 0.2) is 11.5 Å². The van der Waals surface area contributed by atoms with Crippen LogP contribution in [-0.2, 0) is 22.4 Å². The summed E-state index contributed by atoms with van der Waals surface area (Å²) in [6.45, 7) is 5.99. The number of aryl methyl sites for hydroxylation is 3. The zero-order chi connectivity index (χ0) is 33.9. The molecule has 0 amide bonds. The predicted octanol–water partition coefficient (Wildman–Crippen LogP) is 6.13. The normalized spacial score (nSPS) is 14.7. The van der Waals surface area contributed by atoms with Crippen LogP contribution in [0.4, 0.5) is 0 Å². The van der Waals surface area contributed by atoms with Gasteiger partial charge in [0, 0.05) is 34.8 Å². The highest BCUT2D eigenvalue weighted by Crippen LogP contribution is 2.38. The molecule has 0 radical (unpaired) electrons. The minimum atomic E-state index is -1.18. The SMILES string of the molecule is COc1ccc(CCC2C(C(=O)O)=C(C)NC(c3ccc(-n4c(C)nc5cnccc54)cc3)=C2C(=O)O)cc1OCCc1scnc1C. The molecule has 0 saturated heterocycles. The van der Waals surface area contributed by atoms with E-state index in [4.69, 9.17) is 9.47 Å². The Labute approximate surface area is 281 Å². The number of allylic oxidation sites excluding steroid dienone is 1. The van der Waals surface area contributed by atoms with E-state index < -0.39 is 17.9 Å². The summed E-state index contributed by atoms with van der Waals surface area (Å²) in [7, 11) is 1.57. The quantitative estimate of drug-likeness (QED) is 0.142. The third-order valence-electron chi connectivity index (χ3n) is 8.56. The molecule has 0 aliphatic carbocycles. The van der Waals surface area contributed by atoms with Crippen molar-refractivity contribution in [2.45, 2.75) is 40.0 Å². The third kappa shape index (κ3) is 6.39. The fourth-order valence-electron chi connectivity index (χ4n) is 6.26. The van der Waals surface area contributed by atoms with Crippen molar-refractivity contribution in [3.8, 4) is 17.2 Å². The second kappa shape index (κ2) is 13.7. The standard InChI is InChI=1S/C36H35N5O6S/c1-20-31(48-19-38-20)14-16-47-30-17-23(6-12-29(30)46-4)5-11-26-32(35(42)43)21(2)39-34(33(26)36(44)45)24-7-9-25(10-8-24)41-22(3)40-27-18-37-15-13-28(27)41/h6-10,12-13,15,17-19,26,39H,5,11,14,16H2,1-4H3,(H,42,43)(H,44,45). The number of imidazole rings is 1. The first-order chi connectivity index (χ1) is 23.2. The van der Waals surface area contributed by atoms with E-state index in [2.05, 4.69) is 20.3 Å². The van der Waals surface area contributed by atoms with Gasteiger partial charge < -0.3 is 25.0 Å². The van der Waals surface area contributed by atoms with Crippen LogP contribution < -0.4 is 14.8 Å². The molecule has 1 unspecified atom stereocenters. The summed E-state index contributed by atoms with van der Waals surface area (Å²) in [5, 5.41) is 23.9. The van der Waals surface area contributed by atoms with Crippen molar-refractivity contribution in [3.05, 3.63) is 111 Å². The minimum Gasteiger partial charge on any atom is -0.493 e. The number of aliphatic carboxylic acids is 2. The Morgan fingerprint density at radius 3 is 2.44 bits per heavy atom. The molecule has 246 valence electrons. The average molecular weight is 666 g/mol. The van der Waals surface area contributed by atoms with Crippen LogP contribution in [0.5, 0.6) is 11.5 Å². The third-order valence-corrected chi connectivity index (χ3v) is 9.56. The molecule has 3 aromatic heterocycles. The highest BCUT2D eigenvalue weighted by Gasteiger charge is 2.36. The molecule has 11 nitrogen and oxygen atoms in total. The fourth-order valence-corrected chi connectivity index (χ4v) is 7.02. The van der Waals surface area contributed by atoms with E-state index in [1.54, 1.807) is 37.8 Å². The molecule has 48 heavy (non-hydrogen) atoms. The predicted molar refractivity (Wildman–Crippen MR) is 182 cm³/mol. The van der Waals surface area contributed by atoms with Crippen molar-refractivity contribution in [3.63, 3.8) is 0 Å².